The monoisotopic (exact) mass is 283 g/mol. The Bertz CT molecular complexity index is 595. The van der Waals surface area contributed by atoms with Gasteiger partial charge in [0.05, 0.1) is 7.11 Å². The molecule has 0 aliphatic rings. The van der Waals surface area contributed by atoms with Crippen LogP contribution in [0.4, 0.5) is 13.2 Å². The number of benzene rings is 2. The van der Waals surface area contributed by atoms with Gasteiger partial charge in [0, 0.05) is 18.0 Å². The number of rotatable bonds is 4. The van der Waals surface area contributed by atoms with Crippen molar-refractivity contribution in [2.75, 3.05) is 7.11 Å². The highest BCUT2D eigenvalue weighted by atomic mass is 19.4. The molecule has 2 aromatic carbocycles. The van der Waals surface area contributed by atoms with E-state index in [0.717, 1.165) is 10.8 Å². The fourth-order valence-electron chi connectivity index (χ4n) is 2.30. The van der Waals surface area contributed by atoms with E-state index in [9.17, 15) is 13.2 Å². The highest BCUT2D eigenvalue weighted by Gasteiger charge is 2.28. The van der Waals surface area contributed by atoms with Gasteiger partial charge in [0.25, 0.3) is 0 Å². The maximum absolute atomic E-state index is 12.3. The molecule has 0 radical (unpaired) electrons. The quantitative estimate of drug-likeness (QED) is 0.913. The van der Waals surface area contributed by atoms with Gasteiger partial charge in [0.15, 0.2) is 0 Å². The summed E-state index contributed by atoms with van der Waals surface area (Å²) in [7, 11) is 1.49. The second-order valence-corrected chi connectivity index (χ2v) is 4.66. The topological polar surface area (TPSA) is 35.2 Å². The molecule has 1 atom stereocenters. The lowest BCUT2D eigenvalue weighted by Gasteiger charge is -2.19. The zero-order valence-corrected chi connectivity index (χ0v) is 11.1. The fraction of sp³-hybridized carbons (Fsp3) is 0.333. The first-order valence-corrected chi connectivity index (χ1v) is 6.30. The van der Waals surface area contributed by atoms with Crippen LogP contribution in [0.2, 0.25) is 0 Å². The summed E-state index contributed by atoms with van der Waals surface area (Å²) in [6, 6.07) is 10.4. The summed E-state index contributed by atoms with van der Waals surface area (Å²) in [4.78, 5) is 0. The normalized spacial score (nSPS) is 13.4. The zero-order chi connectivity index (χ0) is 14.8. The molecule has 0 heterocycles. The standard InChI is InChI=1S/C15H16F3NO/c1-20-13-7-6-10-4-2-3-5-11(10)14(13)12(19)8-9-15(16,17)18/h2-7,12H,8-9,19H2,1H3/t12-/m1/s1. The van der Waals surface area contributed by atoms with Crippen LogP contribution >= 0.6 is 0 Å². The smallest absolute Gasteiger partial charge is 0.389 e. The summed E-state index contributed by atoms with van der Waals surface area (Å²) in [5.74, 6) is 0.526. The maximum atomic E-state index is 12.3. The predicted octanol–water partition coefficient (Wildman–Crippen LogP) is 4.19. The van der Waals surface area contributed by atoms with E-state index in [1.165, 1.54) is 7.11 Å². The van der Waals surface area contributed by atoms with Crippen LogP contribution in [0.15, 0.2) is 36.4 Å². The van der Waals surface area contributed by atoms with Crippen LogP contribution in [0.5, 0.6) is 5.75 Å². The van der Waals surface area contributed by atoms with Gasteiger partial charge in [-0.15, -0.1) is 0 Å². The van der Waals surface area contributed by atoms with Crippen molar-refractivity contribution in [1.82, 2.24) is 0 Å². The number of nitrogens with two attached hydrogens (primary N) is 1. The van der Waals surface area contributed by atoms with Crippen LogP contribution < -0.4 is 10.5 Å². The molecular formula is C15H16F3NO. The third-order valence-electron chi connectivity index (χ3n) is 3.26. The van der Waals surface area contributed by atoms with E-state index in [-0.39, 0.29) is 6.42 Å². The van der Waals surface area contributed by atoms with Crippen LogP contribution in [0, 0.1) is 0 Å². The first-order chi connectivity index (χ1) is 9.42. The molecule has 2 aromatic rings. The van der Waals surface area contributed by atoms with Gasteiger partial charge in [-0.2, -0.15) is 13.2 Å². The highest BCUT2D eigenvalue weighted by molar-refractivity contribution is 5.88. The van der Waals surface area contributed by atoms with Crippen molar-refractivity contribution in [2.24, 2.45) is 5.73 Å². The molecule has 20 heavy (non-hydrogen) atoms. The number of halogens is 3. The molecule has 2 rings (SSSR count). The average Bonchev–Trinajstić information content (AvgIpc) is 2.42. The Morgan fingerprint density at radius 3 is 2.50 bits per heavy atom. The Hall–Kier alpha value is -1.75. The van der Waals surface area contributed by atoms with Crippen LogP contribution in [0.25, 0.3) is 10.8 Å². The SMILES string of the molecule is COc1ccc2ccccc2c1[C@H](N)CCC(F)(F)F. The van der Waals surface area contributed by atoms with E-state index in [1.807, 2.05) is 30.3 Å². The van der Waals surface area contributed by atoms with Crippen LogP contribution in [0.3, 0.4) is 0 Å². The molecule has 0 aromatic heterocycles. The third-order valence-corrected chi connectivity index (χ3v) is 3.26. The lowest BCUT2D eigenvalue weighted by atomic mass is 9.95. The molecule has 0 fully saturated rings. The second kappa shape index (κ2) is 5.71. The van der Waals surface area contributed by atoms with E-state index in [1.54, 1.807) is 6.07 Å². The van der Waals surface area contributed by atoms with E-state index < -0.39 is 18.6 Å². The minimum absolute atomic E-state index is 0.159. The molecule has 2 N–H and O–H groups in total. The molecule has 0 saturated heterocycles. The Labute approximate surface area is 115 Å². The summed E-state index contributed by atoms with van der Waals surface area (Å²) in [6.07, 6.45) is -5.26. The minimum atomic E-state index is -4.20. The van der Waals surface area contributed by atoms with E-state index in [0.29, 0.717) is 11.3 Å². The summed E-state index contributed by atoms with van der Waals surface area (Å²) in [5.41, 5.74) is 6.60. The van der Waals surface area contributed by atoms with E-state index in [2.05, 4.69) is 0 Å². The number of hydrogen-bond donors (Lipinski definition) is 1. The average molecular weight is 283 g/mol. The summed E-state index contributed by atoms with van der Waals surface area (Å²) in [6.45, 7) is 0. The van der Waals surface area contributed by atoms with Crippen molar-refractivity contribution in [3.05, 3.63) is 42.0 Å². The highest BCUT2D eigenvalue weighted by Crippen LogP contribution is 2.35. The Morgan fingerprint density at radius 1 is 1.15 bits per heavy atom. The van der Waals surface area contributed by atoms with Crippen LogP contribution in [-0.2, 0) is 0 Å². The minimum Gasteiger partial charge on any atom is -0.496 e. The third kappa shape index (κ3) is 3.22. The Kier molecular flexibility index (Phi) is 4.18. The number of methoxy groups -OCH3 is 1. The van der Waals surface area contributed by atoms with Crippen molar-refractivity contribution in [3.63, 3.8) is 0 Å². The summed E-state index contributed by atoms with van der Waals surface area (Å²) >= 11 is 0. The molecule has 5 heteroatoms. The van der Waals surface area contributed by atoms with Crippen molar-refractivity contribution >= 4 is 10.8 Å². The van der Waals surface area contributed by atoms with Gasteiger partial charge in [-0.3, -0.25) is 0 Å². The molecule has 2 nitrogen and oxygen atoms in total. The van der Waals surface area contributed by atoms with Gasteiger partial charge >= 0.3 is 6.18 Å². The van der Waals surface area contributed by atoms with Crippen molar-refractivity contribution in [1.29, 1.82) is 0 Å². The van der Waals surface area contributed by atoms with Gasteiger partial charge in [0.1, 0.15) is 5.75 Å². The Morgan fingerprint density at radius 2 is 1.85 bits per heavy atom. The van der Waals surface area contributed by atoms with E-state index >= 15 is 0 Å². The Balaban J connectivity index is 2.40. The van der Waals surface area contributed by atoms with Gasteiger partial charge in [-0.05, 0) is 23.3 Å². The zero-order valence-electron chi connectivity index (χ0n) is 11.1. The summed E-state index contributed by atoms with van der Waals surface area (Å²) in [5, 5.41) is 1.77. The van der Waals surface area contributed by atoms with Crippen LogP contribution in [0.1, 0.15) is 24.4 Å². The van der Waals surface area contributed by atoms with Crippen molar-refractivity contribution in [2.45, 2.75) is 25.1 Å². The number of ether oxygens (including phenoxy) is 1. The predicted molar refractivity (Wildman–Crippen MR) is 72.7 cm³/mol. The van der Waals surface area contributed by atoms with Gasteiger partial charge < -0.3 is 10.5 Å². The van der Waals surface area contributed by atoms with E-state index in [4.69, 9.17) is 10.5 Å². The van der Waals surface area contributed by atoms with Crippen LogP contribution in [-0.4, -0.2) is 13.3 Å². The molecule has 0 aliphatic heterocycles. The molecular weight excluding hydrogens is 267 g/mol. The molecule has 0 bridgehead atoms. The number of hydrogen-bond acceptors (Lipinski definition) is 2. The van der Waals surface area contributed by atoms with Gasteiger partial charge in [-0.1, -0.05) is 30.3 Å². The number of alkyl halides is 3. The van der Waals surface area contributed by atoms with Crippen molar-refractivity contribution in [3.8, 4) is 5.75 Å². The first kappa shape index (κ1) is 14.7. The molecule has 0 saturated carbocycles. The summed E-state index contributed by atoms with van der Waals surface area (Å²) < 4.78 is 42.3. The second-order valence-electron chi connectivity index (χ2n) is 4.66. The van der Waals surface area contributed by atoms with Gasteiger partial charge in [-0.25, -0.2) is 0 Å². The molecule has 0 unspecified atom stereocenters. The lowest BCUT2D eigenvalue weighted by Crippen LogP contribution is -2.16. The largest absolute Gasteiger partial charge is 0.496 e. The molecule has 108 valence electrons. The first-order valence-electron chi connectivity index (χ1n) is 6.30. The maximum Gasteiger partial charge on any atom is 0.389 e. The molecule has 0 amide bonds. The van der Waals surface area contributed by atoms with Gasteiger partial charge in [0.2, 0.25) is 0 Å². The van der Waals surface area contributed by atoms with Crippen molar-refractivity contribution < 1.29 is 17.9 Å². The number of fused-ring (bicyclic) bond motifs is 1. The lowest BCUT2D eigenvalue weighted by molar-refractivity contribution is -0.136. The molecule has 0 aliphatic carbocycles. The molecule has 0 spiro atoms. The fourth-order valence-corrected chi connectivity index (χ4v) is 2.30.